The van der Waals surface area contributed by atoms with E-state index >= 15 is 0 Å². The Morgan fingerprint density at radius 3 is 2.55 bits per heavy atom. The van der Waals surface area contributed by atoms with E-state index in [1.165, 1.54) is 11.3 Å². The van der Waals surface area contributed by atoms with Crippen molar-refractivity contribution in [1.29, 1.82) is 0 Å². The van der Waals surface area contributed by atoms with Gasteiger partial charge in [-0.15, -0.1) is 11.3 Å². The maximum atomic E-state index is 11.6. The number of amides is 1. The fourth-order valence-electron chi connectivity index (χ4n) is 1.44. The molecule has 1 aromatic heterocycles. The van der Waals surface area contributed by atoms with Gasteiger partial charge in [0, 0.05) is 11.6 Å². The molecule has 0 aliphatic rings. The third kappa shape index (κ3) is 4.55. The van der Waals surface area contributed by atoms with Crippen LogP contribution in [0.1, 0.15) is 13.3 Å². The molecule has 0 saturated heterocycles. The van der Waals surface area contributed by atoms with Crippen molar-refractivity contribution in [1.82, 2.24) is 4.98 Å². The molecule has 0 fully saturated rings. The van der Waals surface area contributed by atoms with Gasteiger partial charge in [0.25, 0.3) is 5.91 Å². The smallest absolute Gasteiger partial charge is 0.264 e. The SMILES string of the molecule is CCCOc1ccc(OCC(=O)Nc2nccs2)cc1. The van der Waals surface area contributed by atoms with Gasteiger partial charge in [-0.3, -0.25) is 10.1 Å². The lowest BCUT2D eigenvalue weighted by atomic mass is 10.3. The van der Waals surface area contributed by atoms with Gasteiger partial charge < -0.3 is 9.47 Å². The topological polar surface area (TPSA) is 60.5 Å². The number of thiazole rings is 1. The van der Waals surface area contributed by atoms with Crippen LogP contribution in [0.5, 0.6) is 11.5 Å². The number of rotatable bonds is 7. The van der Waals surface area contributed by atoms with E-state index in [2.05, 4.69) is 17.2 Å². The molecular weight excluding hydrogens is 276 g/mol. The number of nitrogens with zero attached hydrogens (tertiary/aromatic N) is 1. The average Bonchev–Trinajstić information content (AvgIpc) is 2.97. The number of anilines is 1. The molecule has 2 rings (SSSR count). The Morgan fingerprint density at radius 1 is 1.25 bits per heavy atom. The van der Waals surface area contributed by atoms with E-state index in [4.69, 9.17) is 9.47 Å². The molecule has 1 aromatic carbocycles. The Hall–Kier alpha value is -2.08. The molecule has 1 N–H and O–H groups in total. The first-order chi connectivity index (χ1) is 9.78. The lowest BCUT2D eigenvalue weighted by molar-refractivity contribution is -0.118. The highest BCUT2D eigenvalue weighted by Crippen LogP contribution is 2.18. The van der Waals surface area contributed by atoms with E-state index < -0.39 is 0 Å². The van der Waals surface area contributed by atoms with Gasteiger partial charge in [0.05, 0.1) is 6.61 Å². The Balaban J connectivity index is 1.77. The second kappa shape index (κ2) is 7.49. The van der Waals surface area contributed by atoms with E-state index in [9.17, 15) is 4.79 Å². The average molecular weight is 292 g/mol. The molecule has 106 valence electrons. The minimum absolute atomic E-state index is 0.0469. The van der Waals surface area contributed by atoms with Crippen molar-refractivity contribution in [3.63, 3.8) is 0 Å². The standard InChI is InChI=1S/C14H16N2O3S/c1-2-8-18-11-3-5-12(6-4-11)19-10-13(17)16-14-15-7-9-20-14/h3-7,9H,2,8,10H2,1H3,(H,15,16,17). The molecule has 0 saturated carbocycles. The number of carbonyl (C=O) groups is 1. The first kappa shape index (κ1) is 14.3. The lowest BCUT2D eigenvalue weighted by Crippen LogP contribution is -2.19. The van der Waals surface area contributed by atoms with E-state index in [0.29, 0.717) is 17.5 Å². The van der Waals surface area contributed by atoms with Crippen molar-refractivity contribution >= 4 is 22.4 Å². The molecule has 6 heteroatoms. The van der Waals surface area contributed by atoms with Crippen molar-refractivity contribution < 1.29 is 14.3 Å². The van der Waals surface area contributed by atoms with Crippen molar-refractivity contribution in [2.45, 2.75) is 13.3 Å². The van der Waals surface area contributed by atoms with Gasteiger partial charge in [-0.05, 0) is 30.7 Å². The van der Waals surface area contributed by atoms with Crippen LogP contribution in [0.25, 0.3) is 0 Å². The number of hydrogen-bond donors (Lipinski definition) is 1. The van der Waals surface area contributed by atoms with Crippen molar-refractivity contribution in [3.8, 4) is 11.5 Å². The Labute approximate surface area is 121 Å². The van der Waals surface area contributed by atoms with Gasteiger partial charge >= 0.3 is 0 Å². The van der Waals surface area contributed by atoms with E-state index in [0.717, 1.165) is 12.2 Å². The molecule has 1 amide bonds. The monoisotopic (exact) mass is 292 g/mol. The van der Waals surface area contributed by atoms with Crippen LogP contribution < -0.4 is 14.8 Å². The highest BCUT2D eigenvalue weighted by atomic mass is 32.1. The fraction of sp³-hybridized carbons (Fsp3) is 0.286. The molecule has 0 atom stereocenters. The molecule has 0 spiro atoms. The maximum Gasteiger partial charge on any atom is 0.264 e. The number of hydrogen-bond acceptors (Lipinski definition) is 5. The summed E-state index contributed by atoms with van der Waals surface area (Å²) in [4.78, 5) is 15.6. The van der Waals surface area contributed by atoms with E-state index in [1.54, 1.807) is 23.7 Å². The van der Waals surface area contributed by atoms with Gasteiger partial charge in [0.2, 0.25) is 0 Å². The van der Waals surface area contributed by atoms with E-state index in [1.807, 2.05) is 12.1 Å². The second-order valence-corrected chi connectivity index (χ2v) is 4.89. The maximum absolute atomic E-state index is 11.6. The zero-order valence-electron chi connectivity index (χ0n) is 11.2. The second-order valence-electron chi connectivity index (χ2n) is 3.99. The first-order valence-electron chi connectivity index (χ1n) is 6.33. The molecule has 2 aromatic rings. The molecule has 5 nitrogen and oxygen atoms in total. The predicted molar refractivity (Wildman–Crippen MR) is 78.5 cm³/mol. The third-order valence-electron chi connectivity index (χ3n) is 2.35. The highest BCUT2D eigenvalue weighted by molar-refractivity contribution is 7.13. The molecule has 1 heterocycles. The Bertz CT molecular complexity index is 526. The minimum atomic E-state index is -0.230. The first-order valence-corrected chi connectivity index (χ1v) is 7.21. The Morgan fingerprint density at radius 2 is 1.95 bits per heavy atom. The Kier molecular flexibility index (Phi) is 5.37. The largest absolute Gasteiger partial charge is 0.494 e. The van der Waals surface area contributed by atoms with Crippen LogP contribution in [0.2, 0.25) is 0 Å². The number of nitrogens with one attached hydrogen (secondary N) is 1. The fourth-order valence-corrected chi connectivity index (χ4v) is 1.99. The summed E-state index contributed by atoms with van der Waals surface area (Å²) in [5.74, 6) is 1.20. The van der Waals surface area contributed by atoms with Gasteiger partial charge in [-0.25, -0.2) is 4.98 Å². The molecule has 0 aliphatic heterocycles. The summed E-state index contributed by atoms with van der Waals surface area (Å²) in [6.07, 6.45) is 2.60. The van der Waals surface area contributed by atoms with Gasteiger partial charge in [0.15, 0.2) is 11.7 Å². The molecule has 0 unspecified atom stereocenters. The summed E-state index contributed by atoms with van der Waals surface area (Å²) < 4.78 is 10.8. The summed E-state index contributed by atoms with van der Waals surface area (Å²) in [6.45, 7) is 2.70. The highest BCUT2D eigenvalue weighted by Gasteiger charge is 2.05. The van der Waals surface area contributed by atoms with Crippen molar-refractivity contribution in [2.24, 2.45) is 0 Å². The summed E-state index contributed by atoms with van der Waals surface area (Å²) in [6, 6.07) is 7.21. The van der Waals surface area contributed by atoms with E-state index in [-0.39, 0.29) is 12.5 Å². The molecule has 0 bridgehead atoms. The van der Waals surface area contributed by atoms with Crippen molar-refractivity contribution in [2.75, 3.05) is 18.5 Å². The number of benzene rings is 1. The predicted octanol–water partition coefficient (Wildman–Crippen LogP) is 2.95. The zero-order chi connectivity index (χ0) is 14.2. The van der Waals surface area contributed by atoms with Gasteiger partial charge in [0.1, 0.15) is 11.5 Å². The van der Waals surface area contributed by atoms with Crippen LogP contribution in [0.4, 0.5) is 5.13 Å². The summed E-state index contributed by atoms with van der Waals surface area (Å²) in [5, 5.41) is 5.02. The summed E-state index contributed by atoms with van der Waals surface area (Å²) >= 11 is 1.37. The molecule has 0 aliphatic carbocycles. The lowest BCUT2D eigenvalue weighted by Gasteiger charge is -2.07. The van der Waals surface area contributed by atoms with Crippen LogP contribution in [-0.2, 0) is 4.79 Å². The normalized spacial score (nSPS) is 10.1. The van der Waals surface area contributed by atoms with Crippen LogP contribution >= 0.6 is 11.3 Å². The van der Waals surface area contributed by atoms with Crippen LogP contribution in [0, 0.1) is 0 Å². The molecule has 0 radical (unpaired) electrons. The number of carbonyl (C=O) groups excluding carboxylic acids is 1. The zero-order valence-corrected chi connectivity index (χ0v) is 12.0. The molecular formula is C14H16N2O3S. The third-order valence-corrected chi connectivity index (χ3v) is 3.03. The molecule has 20 heavy (non-hydrogen) atoms. The van der Waals surface area contributed by atoms with Crippen LogP contribution in [0.15, 0.2) is 35.8 Å². The van der Waals surface area contributed by atoms with Crippen LogP contribution in [-0.4, -0.2) is 24.1 Å². The van der Waals surface area contributed by atoms with Gasteiger partial charge in [-0.1, -0.05) is 6.92 Å². The summed E-state index contributed by atoms with van der Waals surface area (Å²) in [7, 11) is 0. The quantitative estimate of drug-likeness (QED) is 0.852. The number of ether oxygens (including phenoxy) is 2. The summed E-state index contributed by atoms with van der Waals surface area (Å²) in [5.41, 5.74) is 0. The number of aromatic nitrogens is 1. The minimum Gasteiger partial charge on any atom is -0.494 e. The van der Waals surface area contributed by atoms with Crippen molar-refractivity contribution in [3.05, 3.63) is 35.8 Å². The van der Waals surface area contributed by atoms with Crippen LogP contribution in [0.3, 0.4) is 0 Å². The van der Waals surface area contributed by atoms with Gasteiger partial charge in [-0.2, -0.15) is 0 Å².